The predicted octanol–water partition coefficient (Wildman–Crippen LogP) is 1.92. The molecular weight excluding hydrogens is 240 g/mol. The Balaban J connectivity index is 1.84. The van der Waals surface area contributed by atoms with Crippen molar-refractivity contribution in [3.63, 3.8) is 0 Å². The zero-order chi connectivity index (χ0) is 13.4. The van der Waals surface area contributed by atoms with Gasteiger partial charge in [0, 0.05) is 19.1 Å². The van der Waals surface area contributed by atoms with Crippen molar-refractivity contribution in [1.82, 2.24) is 5.32 Å². The van der Waals surface area contributed by atoms with Crippen LogP contribution in [-0.2, 0) is 6.42 Å². The quantitative estimate of drug-likeness (QED) is 0.629. The van der Waals surface area contributed by atoms with Gasteiger partial charge in [0.1, 0.15) is 5.75 Å². The molecule has 0 aromatic heterocycles. The minimum atomic E-state index is -0.475. The van der Waals surface area contributed by atoms with Crippen LogP contribution in [0.25, 0.3) is 0 Å². The molecular formula is C15H22N2O2. The standard InChI is InChI=1S/C15H22N2O2/c1-16-14-10-5-7-12(17-9-3-2-4-9)15(19)11(10)6-8-13(14)18/h6,8-9,12,15-19H,2-5,7H2,1H3/t12-,15-/m1/s1. The first-order valence-corrected chi connectivity index (χ1v) is 7.17. The number of phenolic OH excluding ortho intramolecular Hbond substituents is 1. The Kier molecular flexibility index (Phi) is 3.37. The SMILES string of the molecule is CNc1c(O)ccc2c1CC[C@@H](NC1CCC1)[C@@H]2O. The molecule has 3 rings (SSSR count). The van der Waals surface area contributed by atoms with Crippen LogP contribution in [0.2, 0.25) is 0 Å². The number of hydrogen-bond donors (Lipinski definition) is 4. The lowest BCUT2D eigenvalue weighted by molar-refractivity contribution is 0.0993. The van der Waals surface area contributed by atoms with Gasteiger partial charge in [0.2, 0.25) is 0 Å². The van der Waals surface area contributed by atoms with Crippen molar-refractivity contribution in [3.05, 3.63) is 23.3 Å². The molecule has 4 heteroatoms. The summed E-state index contributed by atoms with van der Waals surface area (Å²) in [6.45, 7) is 0. The van der Waals surface area contributed by atoms with Gasteiger partial charge in [-0.05, 0) is 42.9 Å². The van der Waals surface area contributed by atoms with E-state index in [2.05, 4.69) is 10.6 Å². The molecule has 4 nitrogen and oxygen atoms in total. The van der Waals surface area contributed by atoms with Crippen molar-refractivity contribution < 1.29 is 10.2 Å². The number of fused-ring (bicyclic) bond motifs is 1. The Labute approximate surface area is 113 Å². The molecule has 19 heavy (non-hydrogen) atoms. The number of rotatable bonds is 3. The maximum atomic E-state index is 10.5. The van der Waals surface area contributed by atoms with Crippen molar-refractivity contribution in [1.29, 1.82) is 0 Å². The number of nitrogens with one attached hydrogen (secondary N) is 2. The number of phenols is 1. The topological polar surface area (TPSA) is 64.5 Å². The van der Waals surface area contributed by atoms with Gasteiger partial charge in [-0.2, -0.15) is 0 Å². The Hall–Kier alpha value is -1.26. The molecule has 0 radical (unpaired) electrons. The van der Waals surface area contributed by atoms with Crippen molar-refractivity contribution >= 4 is 5.69 Å². The molecule has 1 saturated carbocycles. The van der Waals surface area contributed by atoms with E-state index in [4.69, 9.17) is 0 Å². The Morgan fingerprint density at radius 1 is 1.21 bits per heavy atom. The van der Waals surface area contributed by atoms with Crippen molar-refractivity contribution in [2.24, 2.45) is 0 Å². The number of aromatic hydroxyl groups is 1. The molecule has 0 unspecified atom stereocenters. The highest BCUT2D eigenvalue weighted by atomic mass is 16.3. The summed E-state index contributed by atoms with van der Waals surface area (Å²) < 4.78 is 0. The summed E-state index contributed by atoms with van der Waals surface area (Å²) in [5.41, 5.74) is 2.77. The molecule has 0 saturated heterocycles. The van der Waals surface area contributed by atoms with E-state index in [0.29, 0.717) is 6.04 Å². The monoisotopic (exact) mass is 262 g/mol. The van der Waals surface area contributed by atoms with E-state index in [1.54, 1.807) is 13.1 Å². The lowest BCUT2D eigenvalue weighted by Crippen LogP contribution is -2.47. The predicted molar refractivity (Wildman–Crippen MR) is 75.5 cm³/mol. The maximum absolute atomic E-state index is 10.5. The van der Waals surface area contributed by atoms with Crippen LogP contribution in [0.3, 0.4) is 0 Å². The van der Waals surface area contributed by atoms with E-state index >= 15 is 0 Å². The number of benzene rings is 1. The normalized spacial score (nSPS) is 26.6. The van der Waals surface area contributed by atoms with Gasteiger partial charge in [-0.3, -0.25) is 0 Å². The molecule has 4 N–H and O–H groups in total. The van der Waals surface area contributed by atoms with E-state index < -0.39 is 6.10 Å². The van der Waals surface area contributed by atoms with Crippen LogP contribution in [0.1, 0.15) is 42.9 Å². The second kappa shape index (κ2) is 5.02. The van der Waals surface area contributed by atoms with Crippen LogP contribution < -0.4 is 10.6 Å². The summed E-state index contributed by atoms with van der Waals surface area (Å²) in [7, 11) is 1.81. The molecule has 0 spiro atoms. The Morgan fingerprint density at radius 3 is 2.63 bits per heavy atom. The number of aliphatic hydroxyl groups is 1. The molecule has 0 amide bonds. The van der Waals surface area contributed by atoms with Crippen molar-refractivity contribution in [2.45, 2.75) is 50.3 Å². The van der Waals surface area contributed by atoms with Gasteiger partial charge in [0.25, 0.3) is 0 Å². The molecule has 0 bridgehead atoms. The third-order valence-electron chi connectivity index (χ3n) is 4.54. The molecule has 2 aliphatic rings. The Bertz CT molecular complexity index is 471. The summed E-state index contributed by atoms with van der Waals surface area (Å²) in [5, 5.41) is 27.0. The highest BCUT2D eigenvalue weighted by molar-refractivity contribution is 5.64. The second-order valence-electron chi connectivity index (χ2n) is 5.66. The largest absolute Gasteiger partial charge is 0.506 e. The minimum absolute atomic E-state index is 0.145. The van der Waals surface area contributed by atoms with Crippen molar-refractivity contribution in [2.75, 3.05) is 12.4 Å². The average Bonchev–Trinajstić information content (AvgIpc) is 2.36. The van der Waals surface area contributed by atoms with E-state index in [-0.39, 0.29) is 11.8 Å². The first kappa shape index (κ1) is 12.8. The average molecular weight is 262 g/mol. The lowest BCUT2D eigenvalue weighted by Gasteiger charge is -2.37. The van der Waals surface area contributed by atoms with E-state index in [9.17, 15) is 10.2 Å². The molecule has 1 aromatic carbocycles. The fourth-order valence-electron chi connectivity index (χ4n) is 3.20. The van der Waals surface area contributed by atoms with Gasteiger partial charge in [0.05, 0.1) is 11.8 Å². The van der Waals surface area contributed by atoms with Gasteiger partial charge in [-0.1, -0.05) is 12.5 Å². The van der Waals surface area contributed by atoms with E-state index in [0.717, 1.165) is 29.7 Å². The zero-order valence-electron chi connectivity index (χ0n) is 11.3. The van der Waals surface area contributed by atoms with Crippen LogP contribution in [0.5, 0.6) is 5.75 Å². The molecule has 0 heterocycles. The van der Waals surface area contributed by atoms with Gasteiger partial charge in [-0.15, -0.1) is 0 Å². The number of hydrogen-bond acceptors (Lipinski definition) is 4. The third kappa shape index (κ3) is 2.19. The van der Waals surface area contributed by atoms with Crippen LogP contribution in [0, 0.1) is 0 Å². The third-order valence-corrected chi connectivity index (χ3v) is 4.54. The summed E-state index contributed by atoms with van der Waals surface area (Å²) in [6, 6.07) is 4.25. The van der Waals surface area contributed by atoms with E-state index in [1.807, 2.05) is 6.07 Å². The molecule has 2 atom stereocenters. The summed E-state index contributed by atoms with van der Waals surface area (Å²) in [6.07, 6.45) is 5.09. The molecule has 2 aliphatic carbocycles. The van der Waals surface area contributed by atoms with Crippen molar-refractivity contribution in [3.8, 4) is 5.75 Å². The molecule has 1 aromatic rings. The number of aliphatic hydroxyl groups excluding tert-OH is 1. The molecule has 104 valence electrons. The maximum Gasteiger partial charge on any atom is 0.138 e. The van der Waals surface area contributed by atoms with Gasteiger partial charge < -0.3 is 20.8 Å². The van der Waals surface area contributed by atoms with Crippen LogP contribution in [0.4, 0.5) is 5.69 Å². The molecule has 0 aliphatic heterocycles. The zero-order valence-corrected chi connectivity index (χ0v) is 11.3. The first-order chi connectivity index (χ1) is 9.20. The summed E-state index contributed by atoms with van der Waals surface area (Å²) in [4.78, 5) is 0. The number of anilines is 1. The van der Waals surface area contributed by atoms with Gasteiger partial charge in [0.15, 0.2) is 0 Å². The summed E-state index contributed by atoms with van der Waals surface area (Å²) in [5.74, 6) is 0.263. The smallest absolute Gasteiger partial charge is 0.138 e. The fraction of sp³-hybridized carbons (Fsp3) is 0.600. The molecule has 1 fully saturated rings. The van der Waals surface area contributed by atoms with Crippen LogP contribution >= 0.6 is 0 Å². The summed E-state index contributed by atoms with van der Waals surface area (Å²) >= 11 is 0. The highest BCUT2D eigenvalue weighted by Crippen LogP contribution is 2.39. The highest BCUT2D eigenvalue weighted by Gasteiger charge is 2.32. The lowest BCUT2D eigenvalue weighted by atomic mass is 9.83. The van der Waals surface area contributed by atoms with Crippen LogP contribution in [-0.4, -0.2) is 29.3 Å². The first-order valence-electron chi connectivity index (χ1n) is 7.17. The Morgan fingerprint density at radius 2 is 2.00 bits per heavy atom. The minimum Gasteiger partial charge on any atom is -0.506 e. The van der Waals surface area contributed by atoms with E-state index in [1.165, 1.54) is 19.3 Å². The van der Waals surface area contributed by atoms with Gasteiger partial charge >= 0.3 is 0 Å². The van der Waals surface area contributed by atoms with Gasteiger partial charge in [-0.25, -0.2) is 0 Å². The fourth-order valence-corrected chi connectivity index (χ4v) is 3.20. The van der Waals surface area contributed by atoms with Crippen LogP contribution in [0.15, 0.2) is 12.1 Å². The second-order valence-corrected chi connectivity index (χ2v) is 5.66.